The fourth-order valence-corrected chi connectivity index (χ4v) is 3.75. The first-order valence-electron chi connectivity index (χ1n) is 9.57. The predicted molar refractivity (Wildman–Crippen MR) is 109 cm³/mol. The third kappa shape index (κ3) is 5.55. The Balaban J connectivity index is 2.23. The minimum atomic E-state index is -4.58. The number of alkyl halides is 1. The quantitative estimate of drug-likeness (QED) is 0.278. The molecule has 0 aliphatic carbocycles. The fraction of sp³-hybridized carbons (Fsp3) is 0.706. The van der Waals surface area contributed by atoms with Crippen LogP contribution in [-0.2, 0) is 13.8 Å². The molecule has 12 nitrogen and oxygen atoms in total. The van der Waals surface area contributed by atoms with E-state index in [0.717, 1.165) is 13.8 Å². The minimum absolute atomic E-state index is 0.0124. The van der Waals surface area contributed by atoms with E-state index in [9.17, 15) is 29.2 Å². The second kappa shape index (κ2) is 9.82. The lowest BCUT2D eigenvalue weighted by Gasteiger charge is -2.36. The molecule has 0 aliphatic heterocycles. The molecule has 2 aromatic rings. The molecule has 0 aliphatic rings. The van der Waals surface area contributed by atoms with E-state index in [1.165, 1.54) is 17.2 Å². The summed E-state index contributed by atoms with van der Waals surface area (Å²) in [5.41, 5.74) is 4.56. The van der Waals surface area contributed by atoms with Crippen LogP contribution in [-0.4, -0.2) is 76.7 Å². The highest BCUT2D eigenvalue weighted by Crippen LogP contribution is 2.57. The molecule has 31 heavy (non-hydrogen) atoms. The first-order valence-corrected chi connectivity index (χ1v) is 11.1. The van der Waals surface area contributed by atoms with Crippen LogP contribution in [0.15, 0.2) is 12.7 Å². The first-order chi connectivity index (χ1) is 14.4. The molecule has 2 rings (SSSR count). The number of rotatable bonds is 12. The Bertz CT molecular complexity index is 918. The van der Waals surface area contributed by atoms with Crippen molar-refractivity contribution in [3.05, 3.63) is 12.7 Å². The zero-order valence-electron chi connectivity index (χ0n) is 17.5. The molecule has 0 bridgehead atoms. The van der Waals surface area contributed by atoms with Crippen molar-refractivity contribution in [1.82, 2.24) is 19.5 Å². The van der Waals surface area contributed by atoms with Gasteiger partial charge in [-0.2, -0.15) is 0 Å². The van der Waals surface area contributed by atoms with Gasteiger partial charge >= 0.3 is 7.60 Å². The minimum Gasteiger partial charge on any atom is -0.394 e. The number of ether oxygens (including phenoxy) is 1. The zero-order valence-corrected chi connectivity index (χ0v) is 18.4. The maximum atomic E-state index is 13.9. The van der Waals surface area contributed by atoms with Crippen molar-refractivity contribution in [2.24, 2.45) is 0 Å². The Morgan fingerprint density at radius 1 is 1.35 bits per heavy atom. The number of hydrogen-bond acceptors (Lipinski definition) is 10. The Labute approximate surface area is 178 Å². The number of aliphatic hydroxyl groups excluding tert-OH is 2. The van der Waals surface area contributed by atoms with E-state index in [2.05, 4.69) is 15.0 Å². The third-order valence-corrected chi connectivity index (χ3v) is 6.94. The number of nitrogens with two attached hydrogens (primary N) is 1. The summed E-state index contributed by atoms with van der Waals surface area (Å²) in [5.74, 6) is 0.113. The lowest BCUT2D eigenvalue weighted by atomic mass is 9.99. The number of hydrogen-bond donors (Lipinski definition) is 5. The number of anilines is 1. The number of aromatic nitrogens is 4. The summed E-state index contributed by atoms with van der Waals surface area (Å²) < 4.78 is 38.4. The van der Waals surface area contributed by atoms with Crippen molar-refractivity contribution >= 4 is 24.6 Å². The van der Waals surface area contributed by atoms with Gasteiger partial charge in [0.15, 0.2) is 23.0 Å². The lowest BCUT2D eigenvalue weighted by molar-refractivity contribution is -0.110. The van der Waals surface area contributed by atoms with Crippen molar-refractivity contribution in [3.8, 4) is 0 Å². The Kier molecular flexibility index (Phi) is 8.09. The molecular weight excluding hydrogens is 436 g/mol. The van der Waals surface area contributed by atoms with E-state index < -0.39 is 44.2 Å². The SMILES string of the molecule is CCC(CF)(CCO[C@H]([C@H](O)CO)n1cnc2c(N)ncnc21)OP(=O)(O)C(C)(C)O. The number of imidazole rings is 1. The summed E-state index contributed by atoms with van der Waals surface area (Å²) in [6, 6.07) is 0. The molecule has 2 aromatic heterocycles. The van der Waals surface area contributed by atoms with Crippen LogP contribution in [0.5, 0.6) is 0 Å². The summed E-state index contributed by atoms with van der Waals surface area (Å²) in [4.78, 5) is 22.0. The van der Waals surface area contributed by atoms with Crippen molar-refractivity contribution in [1.29, 1.82) is 0 Å². The molecule has 2 unspecified atom stereocenters. The summed E-state index contributed by atoms with van der Waals surface area (Å²) >= 11 is 0. The monoisotopic (exact) mass is 465 g/mol. The van der Waals surface area contributed by atoms with E-state index in [0.29, 0.717) is 0 Å². The molecule has 0 fully saturated rings. The summed E-state index contributed by atoms with van der Waals surface area (Å²) in [6.07, 6.45) is -0.233. The molecule has 0 amide bonds. The van der Waals surface area contributed by atoms with E-state index in [1.54, 1.807) is 6.92 Å². The van der Waals surface area contributed by atoms with Gasteiger partial charge in [0.05, 0.1) is 19.5 Å². The van der Waals surface area contributed by atoms with Gasteiger partial charge < -0.3 is 30.7 Å². The maximum absolute atomic E-state index is 13.9. The van der Waals surface area contributed by atoms with Gasteiger partial charge in [-0.25, -0.2) is 19.3 Å². The molecule has 2 heterocycles. The van der Waals surface area contributed by atoms with Crippen LogP contribution in [0, 0.1) is 0 Å². The molecular formula is C17H29FN5O7P. The van der Waals surface area contributed by atoms with Crippen LogP contribution in [0.25, 0.3) is 11.2 Å². The highest BCUT2D eigenvalue weighted by molar-refractivity contribution is 7.54. The number of nitrogen functional groups attached to an aromatic ring is 1. The average molecular weight is 465 g/mol. The smallest absolute Gasteiger partial charge is 0.359 e. The highest BCUT2D eigenvalue weighted by Gasteiger charge is 2.46. The van der Waals surface area contributed by atoms with Gasteiger partial charge in [-0.15, -0.1) is 0 Å². The summed E-state index contributed by atoms with van der Waals surface area (Å²) in [7, 11) is -4.58. The van der Waals surface area contributed by atoms with Crippen molar-refractivity contribution in [2.75, 3.05) is 25.6 Å². The molecule has 176 valence electrons. The predicted octanol–water partition coefficient (Wildman–Crippen LogP) is 0.716. The van der Waals surface area contributed by atoms with E-state index in [1.807, 2.05) is 0 Å². The number of fused-ring (bicyclic) bond motifs is 1. The number of aliphatic hydroxyl groups is 3. The van der Waals surface area contributed by atoms with Crippen molar-refractivity contribution in [3.63, 3.8) is 0 Å². The lowest BCUT2D eigenvalue weighted by Crippen LogP contribution is -2.39. The molecule has 0 radical (unpaired) electrons. The van der Waals surface area contributed by atoms with Gasteiger partial charge in [0.2, 0.25) is 0 Å². The van der Waals surface area contributed by atoms with Gasteiger partial charge in [-0.1, -0.05) is 6.92 Å². The van der Waals surface area contributed by atoms with E-state index in [-0.39, 0.29) is 36.4 Å². The molecule has 4 atom stereocenters. The molecule has 0 aromatic carbocycles. The molecule has 0 saturated heterocycles. The van der Waals surface area contributed by atoms with E-state index in [4.69, 9.17) is 15.0 Å². The van der Waals surface area contributed by atoms with Gasteiger partial charge in [0.1, 0.15) is 30.2 Å². The van der Waals surface area contributed by atoms with Crippen molar-refractivity contribution in [2.45, 2.75) is 56.9 Å². The van der Waals surface area contributed by atoms with Crippen LogP contribution in [0.1, 0.15) is 39.8 Å². The highest BCUT2D eigenvalue weighted by atomic mass is 31.2. The standard InChI is InChI=1S/C17H29FN5O7P/c1-4-17(8-18,30-31(27,28)16(2,3)26)5-6-29-15(11(25)7-24)23-10-22-12-13(19)20-9-21-14(12)23/h9-11,15,24-26H,4-8H2,1-3H3,(H,27,28)(H2,19,20,21)/t11-,15-,17?/m1/s1. The van der Waals surface area contributed by atoms with Gasteiger partial charge in [0, 0.05) is 6.42 Å². The molecule has 0 spiro atoms. The third-order valence-electron chi connectivity index (χ3n) is 4.92. The summed E-state index contributed by atoms with van der Waals surface area (Å²) in [5, 5.41) is 27.4. The number of halogens is 1. The number of nitrogens with zero attached hydrogens (tertiary/aromatic N) is 4. The maximum Gasteiger partial charge on any atom is 0.359 e. The Hall–Kier alpha value is -1.73. The van der Waals surface area contributed by atoms with Crippen LogP contribution < -0.4 is 5.73 Å². The molecule has 14 heteroatoms. The topological polar surface area (TPSA) is 186 Å². The average Bonchev–Trinajstić information content (AvgIpc) is 3.14. The van der Waals surface area contributed by atoms with Crippen LogP contribution in [0.4, 0.5) is 10.2 Å². The Morgan fingerprint density at radius 3 is 2.58 bits per heavy atom. The van der Waals surface area contributed by atoms with Gasteiger partial charge in [0.25, 0.3) is 0 Å². The summed E-state index contributed by atoms with van der Waals surface area (Å²) in [6.45, 7) is 1.74. The van der Waals surface area contributed by atoms with Gasteiger partial charge in [-0.05, 0) is 20.3 Å². The first kappa shape index (κ1) is 25.5. The van der Waals surface area contributed by atoms with Crippen LogP contribution >= 0.6 is 7.60 Å². The van der Waals surface area contributed by atoms with E-state index >= 15 is 0 Å². The molecule has 6 N–H and O–H groups in total. The largest absolute Gasteiger partial charge is 0.394 e. The normalized spacial score (nSPS) is 18.5. The second-order valence-electron chi connectivity index (χ2n) is 7.62. The van der Waals surface area contributed by atoms with Crippen molar-refractivity contribution < 1.29 is 38.4 Å². The van der Waals surface area contributed by atoms with Crippen LogP contribution in [0.2, 0.25) is 0 Å². The second-order valence-corrected chi connectivity index (χ2v) is 9.94. The fourth-order valence-electron chi connectivity index (χ4n) is 2.74. The molecule has 0 saturated carbocycles. The van der Waals surface area contributed by atoms with Gasteiger partial charge in [-0.3, -0.25) is 13.7 Å². The Morgan fingerprint density at radius 2 is 2.03 bits per heavy atom. The zero-order chi connectivity index (χ0) is 23.4. The van der Waals surface area contributed by atoms with Crippen LogP contribution in [0.3, 0.4) is 0 Å².